The van der Waals surface area contributed by atoms with Gasteiger partial charge in [0.25, 0.3) is 0 Å². The maximum atomic E-state index is 13.6. The number of aliphatic hydroxyl groups is 1. The van der Waals surface area contributed by atoms with E-state index >= 15 is 0 Å². The monoisotopic (exact) mass is 637 g/mol. The van der Waals surface area contributed by atoms with E-state index in [1.807, 2.05) is 63.2 Å². The van der Waals surface area contributed by atoms with Crippen molar-refractivity contribution >= 4 is 11.9 Å². The summed E-state index contributed by atoms with van der Waals surface area (Å²) in [6.45, 7) is 26.9. The van der Waals surface area contributed by atoms with Crippen molar-refractivity contribution in [1.82, 2.24) is 4.90 Å². The summed E-state index contributed by atoms with van der Waals surface area (Å²) in [6, 6.07) is 13.4. The summed E-state index contributed by atoms with van der Waals surface area (Å²) < 4.78 is 12.0. The van der Waals surface area contributed by atoms with Gasteiger partial charge in [-0.15, -0.1) is 0 Å². The highest BCUT2D eigenvalue weighted by Gasteiger charge is 2.67. The predicted octanol–water partition coefficient (Wildman–Crippen LogP) is 7.68. The number of benzene rings is 2. The number of aromatic hydroxyl groups is 1. The average Bonchev–Trinajstić information content (AvgIpc) is 2.92. The number of rotatable bonds is 9. The molecule has 3 rings (SSSR count). The van der Waals surface area contributed by atoms with Crippen LogP contribution in [0.15, 0.2) is 42.5 Å². The molecule has 0 bridgehead atoms. The van der Waals surface area contributed by atoms with Crippen LogP contribution in [0, 0.1) is 24.2 Å². The minimum atomic E-state index is -1.74. The third kappa shape index (κ3) is 7.62. The molecular formula is C39H59NO6. The van der Waals surface area contributed by atoms with Crippen LogP contribution in [0.3, 0.4) is 0 Å². The maximum absolute atomic E-state index is 13.6. The van der Waals surface area contributed by atoms with Gasteiger partial charge in [0.15, 0.2) is 0 Å². The lowest BCUT2D eigenvalue weighted by atomic mass is 9.56. The van der Waals surface area contributed by atoms with Gasteiger partial charge in [-0.3, -0.25) is 14.5 Å². The molecule has 2 N–H and O–H groups in total. The summed E-state index contributed by atoms with van der Waals surface area (Å²) in [6.07, 6.45) is 0.754. The van der Waals surface area contributed by atoms with E-state index in [0.717, 1.165) is 22.3 Å². The van der Waals surface area contributed by atoms with Crippen molar-refractivity contribution in [3.8, 4) is 5.75 Å². The fourth-order valence-corrected chi connectivity index (χ4v) is 8.07. The van der Waals surface area contributed by atoms with E-state index in [1.165, 1.54) is 0 Å². The van der Waals surface area contributed by atoms with Crippen LogP contribution in [-0.2, 0) is 30.9 Å². The number of ether oxygens (including phenoxy) is 2. The Hall–Kier alpha value is -2.90. The molecule has 0 saturated carbocycles. The number of esters is 2. The first kappa shape index (κ1) is 37.6. The summed E-state index contributed by atoms with van der Waals surface area (Å²) in [7, 11) is 0. The molecule has 0 radical (unpaired) electrons. The Kier molecular flexibility index (Phi) is 10.9. The van der Waals surface area contributed by atoms with E-state index in [2.05, 4.69) is 74.1 Å². The zero-order valence-electron chi connectivity index (χ0n) is 30.6. The van der Waals surface area contributed by atoms with Crippen LogP contribution < -0.4 is 0 Å². The number of aryl methyl sites for hydroxylation is 2. The predicted molar refractivity (Wildman–Crippen MR) is 184 cm³/mol. The van der Waals surface area contributed by atoms with Crippen molar-refractivity contribution in [2.75, 3.05) is 13.2 Å². The summed E-state index contributed by atoms with van der Waals surface area (Å²) in [5.41, 5.74) is 1.58. The highest BCUT2D eigenvalue weighted by Crippen LogP contribution is 2.57. The molecule has 1 fully saturated rings. The van der Waals surface area contributed by atoms with Gasteiger partial charge in [-0.05, 0) is 81.0 Å². The molecule has 1 aliphatic rings. The SMILES string of the molecule is Cc1cc(CCC(=O)OCCN2C(C)(C)C(C)C(O)(OC(=O)C(C)c3ccccc3)C(C(C)(C)C)C2(C)C)cc(C(C)(C)C)c1O. The fourth-order valence-electron chi connectivity index (χ4n) is 8.07. The fraction of sp³-hybridized carbons (Fsp3) is 0.641. The second-order valence-corrected chi connectivity index (χ2v) is 16.6. The largest absolute Gasteiger partial charge is 0.507 e. The summed E-state index contributed by atoms with van der Waals surface area (Å²) >= 11 is 0. The first-order valence-electron chi connectivity index (χ1n) is 16.7. The lowest BCUT2D eigenvalue weighted by Gasteiger charge is -2.67. The number of piperidine rings is 1. The Morgan fingerprint density at radius 3 is 2.11 bits per heavy atom. The molecule has 7 nitrogen and oxygen atoms in total. The lowest BCUT2D eigenvalue weighted by molar-refractivity contribution is -0.338. The number of carbonyl (C=O) groups excluding carboxylic acids is 2. The molecular weight excluding hydrogens is 578 g/mol. The van der Waals surface area contributed by atoms with E-state index < -0.39 is 46.0 Å². The Morgan fingerprint density at radius 1 is 0.978 bits per heavy atom. The third-order valence-corrected chi connectivity index (χ3v) is 10.3. The molecule has 0 aliphatic carbocycles. The number of phenolic OH excluding ortho intramolecular Hbond substituents is 1. The van der Waals surface area contributed by atoms with Crippen molar-refractivity contribution in [3.63, 3.8) is 0 Å². The normalized spacial score (nSPS) is 23.9. The molecule has 2 aromatic carbocycles. The Balaban J connectivity index is 1.77. The average molecular weight is 638 g/mol. The summed E-state index contributed by atoms with van der Waals surface area (Å²) in [5, 5.41) is 23.1. The minimum absolute atomic E-state index is 0.195. The summed E-state index contributed by atoms with van der Waals surface area (Å²) in [5.74, 6) is -3.64. The molecule has 0 spiro atoms. The van der Waals surface area contributed by atoms with E-state index in [-0.39, 0.29) is 24.4 Å². The first-order chi connectivity index (χ1) is 21.0. The topological polar surface area (TPSA) is 96.3 Å². The lowest BCUT2D eigenvalue weighted by Crippen LogP contribution is -2.77. The molecule has 4 unspecified atom stereocenters. The van der Waals surface area contributed by atoms with Gasteiger partial charge in [-0.25, -0.2) is 0 Å². The number of hydrogen-bond donors (Lipinski definition) is 2. The van der Waals surface area contributed by atoms with Crippen molar-refractivity contribution in [3.05, 3.63) is 64.7 Å². The van der Waals surface area contributed by atoms with Gasteiger partial charge in [0.2, 0.25) is 5.79 Å². The van der Waals surface area contributed by atoms with Crippen LogP contribution in [-0.4, -0.2) is 57.1 Å². The van der Waals surface area contributed by atoms with Gasteiger partial charge in [0.05, 0.1) is 5.92 Å². The van der Waals surface area contributed by atoms with Gasteiger partial charge in [0.1, 0.15) is 12.4 Å². The van der Waals surface area contributed by atoms with E-state index in [0.29, 0.717) is 18.7 Å². The van der Waals surface area contributed by atoms with Crippen molar-refractivity contribution in [2.24, 2.45) is 17.3 Å². The molecule has 0 aromatic heterocycles. The smallest absolute Gasteiger partial charge is 0.315 e. The van der Waals surface area contributed by atoms with Gasteiger partial charge < -0.3 is 19.7 Å². The van der Waals surface area contributed by atoms with E-state index in [1.54, 1.807) is 0 Å². The van der Waals surface area contributed by atoms with Crippen LogP contribution in [0.1, 0.15) is 118 Å². The van der Waals surface area contributed by atoms with Gasteiger partial charge in [-0.2, -0.15) is 0 Å². The Morgan fingerprint density at radius 2 is 1.57 bits per heavy atom. The molecule has 2 aromatic rings. The first-order valence-corrected chi connectivity index (χ1v) is 16.7. The second kappa shape index (κ2) is 13.3. The van der Waals surface area contributed by atoms with E-state index in [9.17, 15) is 19.8 Å². The van der Waals surface area contributed by atoms with Crippen molar-refractivity contribution in [1.29, 1.82) is 0 Å². The molecule has 1 saturated heterocycles. The van der Waals surface area contributed by atoms with E-state index in [4.69, 9.17) is 9.47 Å². The third-order valence-electron chi connectivity index (χ3n) is 10.3. The molecule has 256 valence electrons. The quantitative estimate of drug-likeness (QED) is 0.215. The summed E-state index contributed by atoms with van der Waals surface area (Å²) in [4.78, 5) is 28.8. The van der Waals surface area contributed by atoms with Crippen molar-refractivity contribution in [2.45, 2.75) is 131 Å². The van der Waals surface area contributed by atoms with Crippen LogP contribution >= 0.6 is 0 Å². The number of phenols is 1. The van der Waals surface area contributed by atoms with Gasteiger partial charge >= 0.3 is 11.9 Å². The standard InChI is InChI=1S/C39H59NO6/c1-25-23-28(24-30(32(25)42)35(4,5)6)19-20-31(41)45-22-21-40-37(10,11)27(3)39(44,34(36(7,8)9)38(40,12)13)46-33(43)26(2)29-17-15-14-16-18-29/h14-18,23-24,26-27,34,42,44H,19-22H2,1-13H3. The Labute approximate surface area is 277 Å². The van der Waals surface area contributed by atoms with Crippen LogP contribution in [0.2, 0.25) is 0 Å². The Bertz CT molecular complexity index is 1380. The number of hydrogen-bond acceptors (Lipinski definition) is 7. The van der Waals surface area contributed by atoms with Gasteiger partial charge in [-0.1, -0.05) is 90.9 Å². The molecule has 4 atom stereocenters. The van der Waals surface area contributed by atoms with Crippen LogP contribution in [0.4, 0.5) is 0 Å². The highest BCUT2D eigenvalue weighted by atomic mass is 16.7. The second-order valence-electron chi connectivity index (χ2n) is 16.6. The minimum Gasteiger partial charge on any atom is -0.507 e. The zero-order chi connectivity index (χ0) is 35.0. The highest BCUT2D eigenvalue weighted by molar-refractivity contribution is 5.78. The van der Waals surface area contributed by atoms with Crippen LogP contribution in [0.5, 0.6) is 5.75 Å². The molecule has 0 amide bonds. The van der Waals surface area contributed by atoms with Crippen LogP contribution in [0.25, 0.3) is 0 Å². The van der Waals surface area contributed by atoms with Gasteiger partial charge in [0, 0.05) is 35.9 Å². The maximum Gasteiger partial charge on any atom is 0.315 e. The molecule has 7 heteroatoms. The number of nitrogens with zero attached hydrogens (tertiary/aromatic N) is 1. The number of likely N-dealkylation sites (tertiary alicyclic amines) is 1. The number of carbonyl (C=O) groups is 2. The molecule has 1 aliphatic heterocycles. The van der Waals surface area contributed by atoms with Crippen molar-refractivity contribution < 1.29 is 29.3 Å². The molecule has 46 heavy (non-hydrogen) atoms. The molecule has 1 heterocycles. The zero-order valence-corrected chi connectivity index (χ0v) is 30.6.